The molecule has 90 valence electrons. The third-order valence-electron chi connectivity index (χ3n) is 2.23. The van der Waals surface area contributed by atoms with Crippen LogP contribution in [-0.2, 0) is 10.1 Å². The molecule has 0 atom stereocenters. The van der Waals surface area contributed by atoms with Crippen molar-refractivity contribution in [3.05, 3.63) is 36.0 Å². The maximum atomic E-state index is 10.7. The zero-order chi connectivity index (χ0) is 12.6. The maximum absolute atomic E-state index is 10.7. The number of benzene rings is 1. The molecule has 0 aliphatic heterocycles. The smallest absolute Gasteiger partial charge is 0.127 e. The molecule has 7 heteroatoms. The number of nitrogens with zero attached hydrogens (tertiary/aromatic N) is 2. The van der Waals surface area contributed by atoms with E-state index in [0.717, 1.165) is 5.69 Å². The molecule has 0 amide bonds. The van der Waals surface area contributed by atoms with E-state index in [0.29, 0.717) is 11.5 Å². The van der Waals surface area contributed by atoms with Gasteiger partial charge >= 0.3 is 0 Å². The molecular weight excluding hydrogens is 242 g/mol. The summed E-state index contributed by atoms with van der Waals surface area (Å²) in [5, 5.41) is 4.14. The quantitative estimate of drug-likeness (QED) is 0.791. The molecule has 0 aliphatic carbocycles. The monoisotopic (exact) mass is 252 g/mol. The van der Waals surface area contributed by atoms with Crippen LogP contribution in [0.2, 0.25) is 0 Å². The summed E-state index contributed by atoms with van der Waals surface area (Å²) in [6.07, 6.45) is 0. The van der Waals surface area contributed by atoms with Crippen molar-refractivity contribution in [2.45, 2.75) is 11.8 Å². The van der Waals surface area contributed by atoms with Crippen molar-refractivity contribution in [3.63, 3.8) is 0 Å². The highest BCUT2D eigenvalue weighted by Crippen LogP contribution is 2.16. The molecule has 17 heavy (non-hydrogen) atoms. The molecule has 2 aromatic rings. The third kappa shape index (κ3) is 2.29. The van der Waals surface area contributed by atoms with Gasteiger partial charge in [-0.15, -0.1) is 0 Å². The van der Waals surface area contributed by atoms with Crippen molar-refractivity contribution in [2.24, 2.45) is 0 Å². The van der Waals surface area contributed by atoms with Crippen molar-refractivity contribution >= 4 is 15.9 Å². The summed E-state index contributed by atoms with van der Waals surface area (Å²) in [5.41, 5.74) is 7.07. The third-order valence-corrected chi connectivity index (χ3v) is 3.08. The van der Waals surface area contributed by atoms with Gasteiger partial charge in [-0.25, -0.2) is 13.1 Å². The topological polar surface area (TPSA) is 101 Å². The summed E-state index contributed by atoms with van der Waals surface area (Å²) in [6.45, 7) is 1.79. The van der Waals surface area contributed by atoms with Gasteiger partial charge in [0, 0.05) is 6.07 Å². The number of aromatic nitrogens is 2. The van der Waals surface area contributed by atoms with Gasteiger partial charge < -0.3 is 10.3 Å². The lowest BCUT2D eigenvalue weighted by Gasteiger charge is -2.08. The molecule has 1 aromatic heterocycles. The highest BCUT2D eigenvalue weighted by molar-refractivity contribution is 7.85. The molecule has 0 unspecified atom stereocenters. The number of hydrogen-bond acceptors (Lipinski definition) is 5. The van der Waals surface area contributed by atoms with E-state index in [1.54, 1.807) is 13.0 Å². The summed E-state index contributed by atoms with van der Waals surface area (Å²) in [7, 11) is -4.42. The van der Waals surface area contributed by atoms with Crippen LogP contribution in [0.1, 0.15) is 5.69 Å². The number of rotatable bonds is 2. The van der Waals surface area contributed by atoms with E-state index in [1.807, 2.05) is 0 Å². The van der Waals surface area contributed by atoms with Crippen LogP contribution in [0.5, 0.6) is 0 Å². The highest BCUT2D eigenvalue weighted by atomic mass is 32.2. The van der Waals surface area contributed by atoms with E-state index in [4.69, 9.17) is 5.73 Å². The van der Waals surface area contributed by atoms with E-state index in [9.17, 15) is 13.0 Å². The lowest BCUT2D eigenvalue weighted by Crippen LogP contribution is -2.03. The van der Waals surface area contributed by atoms with Crippen molar-refractivity contribution in [3.8, 4) is 5.69 Å². The minimum atomic E-state index is -4.42. The summed E-state index contributed by atoms with van der Waals surface area (Å²) < 4.78 is 33.7. The Balaban J connectivity index is 2.46. The van der Waals surface area contributed by atoms with Gasteiger partial charge in [0.25, 0.3) is 0 Å². The maximum Gasteiger partial charge on any atom is 0.127 e. The minimum Gasteiger partial charge on any atom is -0.744 e. The Morgan fingerprint density at radius 2 is 1.88 bits per heavy atom. The molecule has 6 nitrogen and oxygen atoms in total. The molecule has 2 rings (SSSR count). The Labute approximate surface area is 98.4 Å². The number of nitrogen functional groups attached to an aromatic ring is 1. The first-order valence-electron chi connectivity index (χ1n) is 4.76. The van der Waals surface area contributed by atoms with Gasteiger partial charge in [-0.2, -0.15) is 5.10 Å². The number of anilines is 1. The van der Waals surface area contributed by atoms with Crippen LogP contribution < -0.4 is 5.73 Å². The van der Waals surface area contributed by atoms with Gasteiger partial charge in [0.1, 0.15) is 15.9 Å². The van der Waals surface area contributed by atoms with E-state index in [2.05, 4.69) is 5.10 Å². The molecule has 0 radical (unpaired) electrons. The van der Waals surface area contributed by atoms with Gasteiger partial charge in [0.05, 0.1) is 16.3 Å². The molecule has 0 aliphatic rings. The van der Waals surface area contributed by atoms with Gasteiger partial charge in [0.15, 0.2) is 0 Å². The Kier molecular flexibility index (Phi) is 2.64. The molecule has 1 aromatic carbocycles. The van der Waals surface area contributed by atoms with Crippen LogP contribution in [0.15, 0.2) is 35.2 Å². The summed E-state index contributed by atoms with van der Waals surface area (Å²) >= 11 is 0. The van der Waals surface area contributed by atoms with Crippen LogP contribution in [0.4, 0.5) is 5.82 Å². The Morgan fingerprint density at radius 1 is 1.29 bits per heavy atom. The normalized spacial score (nSPS) is 11.6. The largest absolute Gasteiger partial charge is 0.744 e. The molecule has 0 saturated carbocycles. The predicted molar refractivity (Wildman–Crippen MR) is 60.7 cm³/mol. The molecule has 0 bridgehead atoms. The van der Waals surface area contributed by atoms with Crippen LogP contribution in [0, 0.1) is 6.92 Å². The van der Waals surface area contributed by atoms with Crippen LogP contribution in [0.25, 0.3) is 5.69 Å². The SMILES string of the molecule is Cc1cc(N)n(-c2ccc(S(=O)(=O)[O-])cc2)n1. The van der Waals surface area contributed by atoms with Crippen LogP contribution >= 0.6 is 0 Å². The Hall–Kier alpha value is -1.86. The van der Waals surface area contributed by atoms with Crippen molar-refractivity contribution in [1.29, 1.82) is 0 Å². The van der Waals surface area contributed by atoms with E-state index in [1.165, 1.54) is 28.9 Å². The minimum absolute atomic E-state index is 0.274. The first-order chi connectivity index (χ1) is 7.88. The standard InChI is InChI=1S/C10H11N3O3S/c1-7-6-10(11)13(12-7)8-2-4-9(5-3-8)17(14,15)16/h2-6H,11H2,1H3,(H,14,15,16)/p-1. The van der Waals surface area contributed by atoms with Gasteiger partial charge in [-0.05, 0) is 31.2 Å². The first-order valence-corrected chi connectivity index (χ1v) is 6.17. The zero-order valence-corrected chi connectivity index (χ0v) is 9.81. The average molecular weight is 252 g/mol. The molecule has 2 N–H and O–H groups in total. The van der Waals surface area contributed by atoms with Crippen molar-refractivity contribution < 1.29 is 13.0 Å². The highest BCUT2D eigenvalue weighted by Gasteiger charge is 2.06. The van der Waals surface area contributed by atoms with Gasteiger partial charge in [0.2, 0.25) is 0 Å². The van der Waals surface area contributed by atoms with Gasteiger partial charge in [-0.3, -0.25) is 0 Å². The molecular formula is C10H10N3O3S-. The first kappa shape index (κ1) is 11.6. The van der Waals surface area contributed by atoms with E-state index in [-0.39, 0.29) is 4.90 Å². The second kappa shape index (κ2) is 3.86. The van der Waals surface area contributed by atoms with Crippen LogP contribution in [-0.4, -0.2) is 22.8 Å². The molecule has 0 spiro atoms. The predicted octanol–water partition coefficient (Wildman–Crippen LogP) is 0.667. The molecule has 0 fully saturated rings. The number of hydrogen-bond donors (Lipinski definition) is 1. The number of aryl methyl sites for hydroxylation is 1. The zero-order valence-electron chi connectivity index (χ0n) is 8.99. The average Bonchev–Trinajstić information content (AvgIpc) is 2.57. The summed E-state index contributed by atoms with van der Waals surface area (Å²) in [5.74, 6) is 0.445. The number of nitrogens with two attached hydrogens (primary N) is 1. The second-order valence-electron chi connectivity index (χ2n) is 3.57. The van der Waals surface area contributed by atoms with Crippen molar-refractivity contribution in [1.82, 2.24) is 9.78 Å². The lowest BCUT2D eigenvalue weighted by molar-refractivity contribution is 0.463. The molecule has 1 heterocycles. The van der Waals surface area contributed by atoms with Crippen molar-refractivity contribution in [2.75, 3.05) is 5.73 Å². The summed E-state index contributed by atoms with van der Waals surface area (Å²) in [6, 6.07) is 7.11. The fourth-order valence-electron chi connectivity index (χ4n) is 1.48. The Bertz CT molecular complexity index is 644. The summed E-state index contributed by atoms with van der Waals surface area (Å²) in [4.78, 5) is -0.274. The molecule has 0 saturated heterocycles. The van der Waals surface area contributed by atoms with Gasteiger partial charge in [-0.1, -0.05) is 0 Å². The fraction of sp³-hybridized carbons (Fsp3) is 0.100. The van der Waals surface area contributed by atoms with Crippen LogP contribution in [0.3, 0.4) is 0 Å². The fourth-order valence-corrected chi connectivity index (χ4v) is 1.95. The Morgan fingerprint density at radius 3 is 2.29 bits per heavy atom. The van der Waals surface area contributed by atoms with E-state index >= 15 is 0 Å². The lowest BCUT2D eigenvalue weighted by atomic mass is 10.3. The second-order valence-corrected chi connectivity index (χ2v) is 4.95. The van der Waals surface area contributed by atoms with E-state index < -0.39 is 10.1 Å².